The highest BCUT2D eigenvalue weighted by Gasteiger charge is 2.10. The molecule has 1 atom stereocenters. The Bertz CT molecular complexity index is 426. The predicted octanol–water partition coefficient (Wildman–Crippen LogP) is 1.89. The summed E-state index contributed by atoms with van der Waals surface area (Å²) in [5, 5.41) is 0. The van der Waals surface area contributed by atoms with Crippen LogP contribution in [0.25, 0.3) is 0 Å². The van der Waals surface area contributed by atoms with Gasteiger partial charge in [-0.2, -0.15) is 0 Å². The second-order valence-electron chi connectivity index (χ2n) is 3.74. The Hall–Kier alpha value is -0.870. The van der Waals surface area contributed by atoms with Crippen molar-refractivity contribution < 1.29 is 8.42 Å². The lowest BCUT2D eigenvalue weighted by Crippen LogP contribution is -2.10. The zero-order valence-electron chi connectivity index (χ0n) is 9.10. The molecule has 84 valence electrons. The molecule has 0 amide bonds. The average molecular weight is 227 g/mol. The van der Waals surface area contributed by atoms with Crippen LogP contribution in [-0.4, -0.2) is 14.7 Å². The maximum absolute atomic E-state index is 11.3. The van der Waals surface area contributed by atoms with E-state index in [0.717, 1.165) is 18.4 Å². The zero-order chi connectivity index (χ0) is 11.5. The van der Waals surface area contributed by atoms with E-state index in [1.54, 1.807) is 18.2 Å². The first-order chi connectivity index (χ1) is 6.95. The minimum Gasteiger partial charge on any atom is -0.324 e. The van der Waals surface area contributed by atoms with E-state index in [4.69, 9.17) is 5.73 Å². The van der Waals surface area contributed by atoms with Crippen molar-refractivity contribution >= 4 is 9.84 Å². The lowest BCUT2D eigenvalue weighted by atomic mass is 10.0. The van der Waals surface area contributed by atoms with Gasteiger partial charge in [0.2, 0.25) is 0 Å². The van der Waals surface area contributed by atoms with Gasteiger partial charge in [0, 0.05) is 12.3 Å². The Morgan fingerprint density at radius 1 is 1.40 bits per heavy atom. The summed E-state index contributed by atoms with van der Waals surface area (Å²) < 4.78 is 22.6. The molecule has 1 rings (SSSR count). The summed E-state index contributed by atoms with van der Waals surface area (Å²) in [5.41, 5.74) is 6.81. The van der Waals surface area contributed by atoms with Crippen LogP contribution in [0.5, 0.6) is 0 Å². The van der Waals surface area contributed by atoms with Crippen LogP contribution in [-0.2, 0) is 9.84 Å². The number of hydrogen-bond donors (Lipinski definition) is 1. The maximum Gasteiger partial charge on any atom is 0.175 e. The van der Waals surface area contributed by atoms with Crippen molar-refractivity contribution in [3.63, 3.8) is 0 Å². The quantitative estimate of drug-likeness (QED) is 0.854. The topological polar surface area (TPSA) is 60.2 Å². The van der Waals surface area contributed by atoms with Gasteiger partial charge in [-0.1, -0.05) is 25.5 Å². The molecule has 15 heavy (non-hydrogen) atoms. The molecule has 1 aromatic carbocycles. The van der Waals surface area contributed by atoms with Gasteiger partial charge in [-0.15, -0.1) is 0 Å². The Balaban J connectivity index is 3.03. The smallest absolute Gasteiger partial charge is 0.175 e. The normalized spacial score (nSPS) is 13.8. The Morgan fingerprint density at radius 2 is 2.07 bits per heavy atom. The molecule has 3 nitrogen and oxygen atoms in total. The molecule has 4 heteroatoms. The number of nitrogens with two attached hydrogens (primary N) is 1. The molecule has 0 spiro atoms. The maximum atomic E-state index is 11.3. The fourth-order valence-corrected chi connectivity index (χ4v) is 2.13. The van der Waals surface area contributed by atoms with E-state index in [-0.39, 0.29) is 6.04 Å². The minimum atomic E-state index is -3.13. The SMILES string of the molecule is CCC[C@@H](N)c1cccc(S(C)(=O)=O)c1. The monoisotopic (exact) mass is 227 g/mol. The lowest BCUT2D eigenvalue weighted by molar-refractivity contribution is 0.600. The molecule has 0 bridgehead atoms. The molecular weight excluding hydrogens is 210 g/mol. The molecule has 0 unspecified atom stereocenters. The molecule has 0 fully saturated rings. The molecule has 1 aromatic rings. The third kappa shape index (κ3) is 3.32. The van der Waals surface area contributed by atoms with Crippen LogP contribution in [0.4, 0.5) is 0 Å². The van der Waals surface area contributed by atoms with Gasteiger partial charge < -0.3 is 5.73 Å². The summed E-state index contributed by atoms with van der Waals surface area (Å²) in [7, 11) is -3.13. The third-order valence-electron chi connectivity index (χ3n) is 2.31. The van der Waals surface area contributed by atoms with Crippen LogP contribution in [0.3, 0.4) is 0 Å². The lowest BCUT2D eigenvalue weighted by Gasteiger charge is -2.11. The van der Waals surface area contributed by atoms with E-state index >= 15 is 0 Å². The van der Waals surface area contributed by atoms with Crippen LogP contribution in [0, 0.1) is 0 Å². The number of benzene rings is 1. The van der Waals surface area contributed by atoms with Crippen molar-refractivity contribution in [2.75, 3.05) is 6.26 Å². The minimum absolute atomic E-state index is 0.0725. The van der Waals surface area contributed by atoms with Crippen LogP contribution in [0.1, 0.15) is 31.4 Å². The van der Waals surface area contributed by atoms with Gasteiger partial charge in [0.1, 0.15) is 0 Å². The first-order valence-corrected chi connectivity index (χ1v) is 6.90. The van der Waals surface area contributed by atoms with Crippen LogP contribution in [0.2, 0.25) is 0 Å². The van der Waals surface area contributed by atoms with Crippen molar-refractivity contribution in [1.29, 1.82) is 0 Å². The predicted molar refractivity (Wildman–Crippen MR) is 61.4 cm³/mol. The highest BCUT2D eigenvalue weighted by molar-refractivity contribution is 7.90. The molecular formula is C11H17NO2S. The summed E-state index contributed by atoms with van der Waals surface area (Å²) in [6.45, 7) is 2.06. The molecule has 0 aromatic heterocycles. The van der Waals surface area contributed by atoms with Gasteiger partial charge in [-0.3, -0.25) is 0 Å². The standard InChI is InChI=1S/C11H17NO2S/c1-3-5-11(12)9-6-4-7-10(8-9)15(2,13)14/h4,6-8,11H,3,5,12H2,1-2H3/t11-/m1/s1. The van der Waals surface area contributed by atoms with E-state index in [2.05, 4.69) is 6.92 Å². The van der Waals surface area contributed by atoms with Crippen molar-refractivity contribution in [3.05, 3.63) is 29.8 Å². The van der Waals surface area contributed by atoms with Gasteiger partial charge in [-0.25, -0.2) is 8.42 Å². The average Bonchev–Trinajstić information content (AvgIpc) is 2.17. The summed E-state index contributed by atoms with van der Waals surface area (Å²) in [6.07, 6.45) is 3.06. The second-order valence-corrected chi connectivity index (χ2v) is 5.76. The fourth-order valence-electron chi connectivity index (χ4n) is 1.45. The molecule has 0 aliphatic rings. The summed E-state index contributed by atoms with van der Waals surface area (Å²) >= 11 is 0. The van der Waals surface area contributed by atoms with Gasteiger partial charge in [0.15, 0.2) is 9.84 Å². The highest BCUT2D eigenvalue weighted by Crippen LogP contribution is 2.19. The van der Waals surface area contributed by atoms with Gasteiger partial charge in [0.05, 0.1) is 4.90 Å². The van der Waals surface area contributed by atoms with Crippen LogP contribution in [0.15, 0.2) is 29.2 Å². The molecule has 0 heterocycles. The zero-order valence-corrected chi connectivity index (χ0v) is 9.92. The van der Waals surface area contributed by atoms with E-state index in [1.165, 1.54) is 6.26 Å². The first kappa shape index (κ1) is 12.2. The van der Waals surface area contributed by atoms with Crippen molar-refractivity contribution in [2.45, 2.75) is 30.7 Å². The van der Waals surface area contributed by atoms with Crippen molar-refractivity contribution in [2.24, 2.45) is 5.73 Å². The molecule has 0 saturated heterocycles. The van der Waals surface area contributed by atoms with E-state index in [0.29, 0.717) is 4.90 Å². The highest BCUT2D eigenvalue weighted by atomic mass is 32.2. The Kier molecular flexibility index (Phi) is 3.88. The van der Waals surface area contributed by atoms with Crippen LogP contribution < -0.4 is 5.73 Å². The number of sulfone groups is 1. The van der Waals surface area contributed by atoms with Crippen LogP contribution >= 0.6 is 0 Å². The first-order valence-electron chi connectivity index (χ1n) is 5.00. The second kappa shape index (κ2) is 4.77. The number of rotatable bonds is 4. The van der Waals surface area contributed by atoms with Gasteiger partial charge in [0.25, 0.3) is 0 Å². The molecule has 2 N–H and O–H groups in total. The van der Waals surface area contributed by atoms with Crippen molar-refractivity contribution in [1.82, 2.24) is 0 Å². The van der Waals surface area contributed by atoms with Gasteiger partial charge in [-0.05, 0) is 24.1 Å². The largest absolute Gasteiger partial charge is 0.324 e. The number of hydrogen-bond acceptors (Lipinski definition) is 3. The summed E-state index contributed by atoms with van der Waals surface area (Å²) in [6, 6.07) is 6.79. The van der Waals surface area contributed by atoms with E-state index in [9.17, 15) is 8.42 Å². The summed E-state index contributed by atoms with van der Waals surface area (Å²) in [5.74, 6) is 0. The van der Waals surface area contributed by atoms with Crippen molar-refractivity contribution in [3.8, 4) is 0 Å². The third-order valence-corrected chi connectivity index (χ3v) is 3.42. The van der Waals surface area contributed by atoms with E-state index in [1.807, 2.05) is 6.07 Å². The molecule has 0 saturated carbocycles. The molecule has 0 aliphatic heterocycles. The fraction of sp³-hybridized carbons (Fsp3) is 0.455. The molecule has 0 aliphatic carbocycles. The Labute approximate surface area is 91.2 Å². The van der Waals surface area contributed by atoms with E-state index < -0.39 is 9.84 Å². The summed E-state index contributed by atoms with van der Waals surface area (Å²) in [4.78, 5) is 0.339. The molecule has 0 radical (unpaired) electrons. The van der Waals surface area contributed by atoms with Gasteiger partial charge >= 0.3 is 0 Å². The Morgan fingerprint density at radius 3 is 2.60 bits per heavy atom.